The molecule has 1 aliphatic heterocycles. The van der Waals surface area contributed by atoms with Gasteiger partial charge in [0.15, 0.2) is 5.79 Å². The third-order valence-corrected chi connectivity index (χ3v) is 2.52. The number of aryl methyl sites for hydroxylation is 1. The largest absolute Gasteiger partial charge is 0.351 e. The van der Waals surface area contributed by atoms with Crippen LogP contribution in [0.25, 0.3) is 0 Å². The summed E-state index contributed by atoms with van der Waals surface area (Å²) in [6.45, 7) is 6.68. The zero-order valence-corrected chi connectivity index (χ0v) is 10.7. The highest BCUT2D eigenvalue weighted by molar-refractivity contribution is 5.33. The molecule has 2 heterocycles. The summed E-state index contributed by atoms with van der Waals surface area (Å²) >= 11 is 0. The summed E-state index contributed by atoms with van der Waals surface area (Å²) in [6, 6.07) is 3.64. The minimum absolute atomic E-state index is 0.0327. The lowest BCUT2D eigenvalue weighted by molar-refractivity contribution is -0.136. The normalized spacial score (nSPS) is 21.6. The molecule has 0 saturated carbocycles. The smallest absolute Gasteiger partial charge is 0.224 e. The van der Waals surface area contributed by atoms with Gasteiger partial charge in [-0.2, -0.15) is 5.26 Å². The molecule has 1 aromatic heterocycles. The molecule has 0 radical (unpaired) electrons. The van der Waals surface area contributed by atoms with Crippen molar-refractivity contribution in [1.82, 2.24) is 9.97 Å². The van der Waals surface area contributed by atoms with Gasteiger partial charge in [0, 0.05) is 12.2 Å². The quantitative estimate of drug-likeness (QED) is 0.866. The van der Waals surface area contributed by atoms with Gasteiger partial charge in [-0.3, -0.25) is 0 Å². The molecule has 1 aromatic rings. The van der Waals surface area contributed by atoms with Gasteiger partial charge in [-0.15, -0.1) is 0 Å². The lowest BCUT2D eigenvalue weighted by Gasteiger charge is -2.17. The Hall–Kier alpha value is -1.71. The third-order valence-electron chi connectivity index (χ3n) is 2.52. The SMILES string of the molecule is Cc1cc(C#N)nc(NCC2COC(C)(C)O2)n1. The number of hydrogen-bond donors (Lipinski definition) is 1. The van der Waals surface area contributed by atoms with E-state index in [2.05, 4.69) is 15.3 Å². The highest BCUT2D eigenvalue weighted by Gasteiger charge is 2.32. The van der Waals surface area contributed by atoms with E-state index in [0.29, 0.717) is 24.8 Å². The van der Waals surface area contributed by atoms with Crippen molar-refractivity contribution in [1.29, 1.82) is 5.26 Å². The van der Waals surface area contributed by atoms with Crippen LogP contribution in [-0.4, -0.2) is 35.0 Å². The molecule has 0 amide bonds. The van der Waals surface area contributed by atoms with Gasteiger partial charge in [0.2, 0.25) is 5.95 Å². The van der Waals surface area contributed by atoms with Gasteiger partial charge in [0.1, 0.15) is 17.9 Å². The second-order valence-electron chi connectivity index (χ2n) is 4.66. The molecule has 0 aromatic carbocycles. The Bertz CT molecular complexity index is 481. The molecule has 0 spiro atoms. The number of rotatable bonds is 3. The predicted octanol–water partition coefficient (Wildman–Crippen LogP) is 1.22. The summed E-state index contributed by atoms with van der Waals surface area (Å²) < 4.78 is 11.1. The Balaban J connectivity index is 1.95. The number of nitriles is 1. The molecule has 1 unspecified atom stereocenters. The van der Waals surface area contributed by atoms with Crippen LogP contribution < -0.4 is 5.32 Å². The van der Waals surface area contributed by atoms with E-state index in [9.17, 15) is 0 Å². The van der Waals surface area contributed by atoms with Crippen molar-refractivity contribution in [2.24, 2.45) is 0 Å². The molecular weight excluding hydrogens is 232 g/mol. The zero-order chi connectivity index (χ0) is 13.2. The topological polar surface area (TPSA) is 80.1 Å². The molecule has 18 heavy (non-hydrogen) atoms. The van der Waals surface area contributed by atoms with E-state index in [1.807, 2.05) is 26.8 Å². The molecule has 1 N–H and O–H groups in total. The van der Waals surface area contributed by atoms with Crippen molar-refractivity contribution in [3.63, 3.8) is 0 Å². The first-order chi connectivity index (χ1) is 8.48. The second kappa shape index (κ2) is 4.88. The zero-order valence-electron chi connectivity index (χ0n) is 10.7. The average molecular weight is 248 g/mol. The summed E-state index contributed by atoms with van der Waals surface area (Å²) in [6.07, 6.45) is -0.0327. The Labute approximate surface area is 106 Å². The number of aromatic nitrogens is 2. The second-order valence-corrected chi connectivity index (χ2v) is 4.66. The van der Waals surface area contributed by atoms with Gasteiger partial charge < -0.3 is 14.8 Å². The van der Waals surface area contributed by atoms with E-state index in [-0.39, 0.29) is 6.10 Å². The van der Waals surface area contributed by atoms with E-state index in [0.717, 1.165) is 5.69 Å². The predicted molar refractivity (Wildman–Crippen MR) is 64.9 cm³/mol. The lowest BCUT2D eigenvalue weighted by atomic mass is 10.3. The molecule has 2 rings (SSSR count). The van der Waals surface area contributed by atoms with E-state index >= 15 is 0 Å². The summed E-state index contributed by atoms with van der Waals surface area (Å²) in [7, 11) is 0. The van der Waals surface area contributed by atoms with E-state index in [4.69, 9.17) is 14.7 Å². The molecule has 1 saturated heterocycles. The minimum Gasteiger partial charge on any atom is -0.351 e. The number of anilines is 1. The van der Waals surface area contributed by atoms with Gasteiger partial charge in [-0.1, -0.05) is 0 Å². The van der Waals surface area contributed by atoms with Crippen LogP contribution in [0.5, 0.6) is 0 Å². The summed E-state index contributed by atoms with van der Waals surface area (Å²) in [5.41, 5.74) is 1.11. The summed E-state index contributed by atoms with van der Waals surface area (Å²) in [5, 5.41) is 11.9. The lowest BCUT2D eigenvalue weighted by Crippen LogP contribution is -2.26. The van der Waals surface area contributed by atoms with Gasteiger partial charge >= 0.3 is 0 Å². The van der Waals surface area contributed by atoms with Gasteiger partial charge in [-0.25, -0.2) is 9.97 Å². The van der Waals surface area contributed by atoms with Crippen molar-refractivity contribution in [3.8, 4) is 6.07 Å². The maximum Gasteiger partial charge on any atom is 0.224 e. The van der Waals surface area contributed by atoms with Crippen molar-refractivity contribution < 1.29 is 9.47 Å². The fraction of sp³-hybridized carbons (Fsp3) is 0.583. The van der Waals surface area contributed by atoms with Crippen molar-refractivity contribution in [3.05, 3.63) is 17.5 Å². The minimum atomic E-state index is -0.530. The highest BCUT2D eigenvalue weighted by atomic mass is 16.7. The Kier molecular flexibility index (Phi) is 3.45. The number of nitrogens with zero attached hydrogens (tertiary/aromatic N) is 3. The Morgan fingerprint density at radius 1 is 1.56 bits per heavy atom. The van der Waals surface area contributed by atoms with Crippen LogP contribution in [0, 0.1) is 18.3 Å². The molecule has 1 fully saturated rings. The fourth-order valence-corrected chi connectivity index (χ4v) is 1.77. The van der Waals surface area contributed by atoms with Crippen LogP contribution in [0.15, 0.2) is 6.07 Å². The maximum atomic E-state index is 8.82. The van der Waals surface area contributed by atoms with Crippen molar-refractivity contribution in [2.45, 2.75) is 32.7 Å². The summed E-state index contributed by atoms with van der Waals surface area (Å²) in [4.78, 5) is 8.28. The van der Waals surface area contributed by atoms with Gasteiger partial charge in [0.25, 0.3) is 0 Å². The molecule has 1 aliphatic rings. The average Bonchev–Trinajstić information content (AvgIpc) is 2.65. The highest BCUT2D eigenvalue weighted by Crippen LogP contribution is 2.22. The molecule has 96 valence electrons. The van der Waals surface area contributed by atoms with E-state index < -0.39 is 5.79 Å². The van der Waals surface area contributed by atoms with Crippen molar-refractivity contribution >= 4 is 5.95 Å². The molecule has 1 atom stereocenters. The molecule has 0 aliphatic carbocycles. The molecule has 6 heteroatoms. The van der Waals surface area contributed by atoms with Crippen LogP contribution in [0.2, 0.25) is 0 Å². The van der Waals surface area contributed by atoms with Crippen LogP contribution in [0.4, 0.5) is 5.95 Å². The molecular formula is C12H16N4O2. The molecule has 6 nitrogen and oxygen atoms in total. The van der Waals surface area contributed by atoms with Crippen molar-refractivity contribution in [2.75, 3.05) is 18.5 Å². The van der Waals surface area contributed by atoms with Crippen LogP contribution in [-0.2, 0) is 9.47 Å². The summed E-state index contributed by atoms with van der Waals surface area (Å²) in [5.74, 6) is -0.0858. The van der Waals surface area contributed by atoms with E-state index in [1.165, 1.54) is 0 Å². The number of ether oxygens (including phenoxy) is 2. The fourth-order valence-electron chi connectivity index (χ4n) is 1.77. The maximum absolute atomic E-state index is 8.82. The first kappa shape index (κ1) is 12.7. The van der Waals surface area contributed by atoms with Crippen LogP contribution in [0.1, 0.15) is 25.2 Å². The van der Waals surface area contributed by atoms with Crippen LogP contribution >= 0.6 is 0 Å². The molecule has 0 bridgehead atoms. The standard InChI is InChI=1S/C12H16N4O2/c1-8-4-9(5-13)16-11(15-8)14-6-10-7-17-12(2,3)18-10/h4,10H,6-7H2,1-3H3,(H,14,15,16). The van der Waals surface area contributed by atoms with E-state index in [1.54, 1.807) is 6.07 Å². The number of hydrogen-bond acceptors (Lipinski definition) is 6. The number of nitrogens with one attached hydrogen (secondary N) is 1. The first-order valence-electron chi connectivity index (χ1n) is 5.80. The first-order valence-corrected chi connectivity index (χ1v) is 5.80. The Morgan fingerprint density at radius 3 is 2.94 bits per heavy atom. The van der Waals surface area contributed by atoms with Gasteiger partial charge in [-0.05, 0) is 26.8 Å². The monoisotopic (exact) mass is 248 g/mol. The third kappa shape index (κ3) is 3.15. The van der Waals surface area contributed by atoms with Gasteiger partial charge in [0.05, 0.1) is 6.61 Å². The Morgan fingerprint density at radius 2 is 2.33 bits per heavy atom. The van der Waals surface area contributed by atoms with Crippen LogP contribution in [0.3, 0.4) is 0 Å².